The fraction of sp³-hybridized carbons (Fsp3) is 0.538. The fourth-order valence-corrected chi connectivity index (χ4v) is 2.07. The highest BCUT2D eigenvalue weighted by atomic mass is 14.1. The largest absolute Gasteiger partial charge is 0.0808 e. The van der Waals surface area contributed by atoms with E-state index in [2.05, 4.69) is 31.2 Å². The summed E-state index contributed by atoms with van der Waals surface area (Å²) < 4.78 is 0. The minimum absolute atomic E-state index is 0.743. The van der Waals surface area contributed by atoms with Crippen molar-refractivity contribution in [2.24, 2.45) is 5.92 Å². The maximum atomic E-state index is 2.43. The quantitative estimate of drug-likeness (QED) is 0.563. The molecular weight excluding hydrogens is 156 g/mol. The molecule has 1 unspecified atom stereocenters. The second-order valence-electron chi connectivity index (χ2n) is 4.21. The SMILES string of the molecule is CC1C=CC(C2=CCCCC2)=CC1. The van der Waals surface area contributed by atoms with Crippen molar-refractivity contribution in [3.63, 3.8) is 0 Å². The minimum atomic E-state index is 0.743. The normalized spacial score (nSPS) is 28.2. The van der Waals surface area contributed by atoms with Gasteiger partial charge in [-0.15, -0.1) is 0 Å². The van der Waals surface area contributed by atoms with Gasteiger partial charge in [0.1, 0.15) is 0 Å². The van der Waals surface area contributed by atoms with Crippen LogP contribution in [0.3, 0.4) is 0 Å². The molecule has 13 heavy (non-hydrogen) atoms. The summed E-state index contributed by atoms with van der Waals surface area (Å²) in [4.78, 5) is 0. The van der Waals surface area contributed by atoms with Crippen LogP contribution in [0, 0.1) is 5.92 Å². The Balaban J connectivity index is 2.09. The van der Waals surface area contributed by atoms with Gasteiger partial charge < -0.3 is 0 Å². The molecule has 1 atom stereocenters. The van der Waals surface area contributed by atoms with Crippen LogP contribution < -0.4 is 0 Å². The van der Waals surface area contributed by atoms with Crippen molar-refractivity contribution in [3.05, 3.63) is 35.5 Å². The molecule has 0 saturated carbocycles. The molecule has 0 aliphatic heterocycles. The lowest BCUT2D eigenvalue weighted by molar-refractivity contribution is 0.697. The summed E-state index contributed by atoms with van der Waals surface area (Å²) in [7, 11) is 0. The Bertz CT molecular complexity index is 266. The summed E-state index contributed by atoms with van der Waals surface area (Å²) in [6, 6.07) is 0. The van der Waals surface area contributed by atoms with Crippen molar-refractivity contribution in [3.8, 4) is 0 Å². The van der Waals surface area contributed by atoms with Crippen molar-refractivity contribution in [2.75, 3.05) is 0 Å². The van der Waals surface area contributed by atoms with Gasteiger partial charge in [0.15, 0.2) is 0 Å². The Labute approximate surface area is 81.0 Å². The van der Waals surface area contributed by atoms with E-state index in [0.717, 1.165) is 5.92 Å². The van der Waals surface area contributed by atoms with Gasteiger partial charge in [0.25, 0.3) is 0 Å². The molecule has 0 aromatic carbocycles. The first-order valence-electron chi connectivity index (χ1n) is 5.44. The van der Waals surface area contributed by atoms with E-state index in [1.807, 2.05) is 0 Å². The molecule has 2 rings (SSSR count). The molecule has 2 aliphatic carbocycles. The second kappa shape index (κ2) is 3.95. The molecule has 0 spiro atoms. The van der Waals surface area contributed by atoms with Gasteiger partial charge in [-0.3, -0.25) is 0 Å². The third-order valence-electron chi connectivity index (χ3n) is 2.98. The number of hydrogen-bond acceptors (Lipinski definition) is 0. The van der Waals surface area contributed by atoms with Gasteiger partial charge in [-0.05, 0) is 49.2 Å². The first-order chi connectivity index (χ1) is 6.36. The van der Waals surface area contributed by atoms with E-state index in [1.165, 1.54) is 37.7 Å². The highest BCUT2D eigenvalue weighted by molar-refractivity contribution is 5.42. The zero-order valence-electron chi connectivity index (χ0n) is 8.42. The Morgan fingerprint density at radius 2 is 2.15 bits per heavy atom. The summed E-state index contributed by atoms with van der Waals surface area (Å²) in [5.41, 5.74) is 3.09. The van der Waals surface area contributed by atoms with Crippen molar-refractivity contribution >= 4 is 0 Å². The molecule has 0 amide bonds. The predicted molar refractivity (Wildman–Crippen MR) is 57.6 cm³/mol. The average molecular weight is 174 g/mol. The molecule has 0 heterocycles. The molecule has 0 N–H and O–H groups in total. The van der Waals surface area contributed by atoms with Crippen molar-refractivity contribution in [1.82, 2.24) is 0 Å². The van der Waals surface area contributed by atoms with E-state index in [9.17, 15) is 0 Å². The first kappa shape index (κ1) is 8.80. The fourth-order valence-electron chi connectivity index (χ4n) is 2.07. The molecule has 0 aromatic rings. The molecule has 0 radical (unpaired) electrons. The lowest BCUT2D eigenvalue weighted by Gasteiger charge is -2.17. The van der Waals surface area contributed by atoms with Crippen molar-refractivity contribution in [1.29, 1.82) is 0 Å². The zero-order valence-corrected chi connectivity index (χ0v) is 8.42. The van der Waals surface area contributed by atoms with Gasteiger partial charge in [-0.2, -0.15) is 0 Å². The Morgan fingerprint density at radius 3 is 2.77 bits per heavy atom. The maximum Gasteiger partial charge on any atom is -0.0224 e. The van der Waals surface area contributed by atoms with Crippen LogP contribution in [0.4, 0.5) is 0 Å². The van der Waals surface area contributed by atoms with Crippen LogP contribution in [-0.4, -0.2) is 0 Å². The number of allylic oxidation sites excluding steroid dienone is 6. The van der Waals surface area contributed by atoms with E-state index in [1.54, 1.807) is 5.57 Å². The highest BCUT2D eigenvalue weighted by Gasteiger charge is 2.09. The number of rotatable bonds is 1. The van der Waals surface area contributed by atoms with Crippen LogP contribution in [0.15, 0.2) is 35.5 Å². The van der Waals surface area contributed by atoms with E-state index in [4.69, 9.17) is 0 Å². The molecule has 70 valence electrons. The van der Waals surface area contributed by atoms with Gasteiger partial charge in [0, 0.05) is 0 Å². The third kappa shape index (κ3) is 2.12. The van der Waals surface area contributed by atoms with Crippen molar-refractivity contribution < 1.29 is 0 Å². The monoisotopic (exact) mass is 174 g/mol. The summed E-state index contributed by atoms with van der Waals surface area (Å²) in [5.74, 6) is 0.743. The smallest absolute Gasteiger partial charge is 0.0224 e. The highest BCUT2D eigenvalue weighted by Crippen LogP contribution is 2.28. The molecule has 0 saturated heterocycles. The van der Waals surface area contributed by atoms with Crippen LogP contribution in [0.5, 0.6) is 0 Å². The predicted octanol–water partition coefficient (Wildman–Crippen LogP) is 4.01. The second-order valence-corrected chi connectivity index (χ2v) is 4.21. The van der Waals surface area contributed by atoms with Gasteiger partial charge in [-0.25, -0.2) is 0 Å². The average Bonchev–Trinajstić information content (AvgIpc) is 2.20. The molecule has 0 aromatic heterocycles. The van der Waals surface area contributed by atoms with E-state index < -0.39 is 0 Å². The Morgan fingerprint density at radius 1 is 1.23 bits per heavy atom. The van der Waals surface area contributed by atoms with Gasteiger partial charge in [-0.1, -0.05) is 31.2 Å². The van der Waals surface area contributed by atoms with E-state index in [-0.39, 0.29) is 0 Å². The first-order valence-corrected chi connectivity index (χ1v) is 5.44. The lowest BCUT2D eigenvalue weighted by atomic mass is 9.88. The van der Waals surface area contributed by atoms with Gasteiger partial charge >= 0.3 is 0 Å². The molecule has 0 bridgehead atoms. The molecule has 0 fully saturated rings. The summed E-state index contributed by atoms with van der Waals surface area (Å²) in [5, 5.41) is 0. The van der Waals surface area contributed by atoms with Crippen LogP contribution in [-0.2, 0) is 0 Å². The van der Waals surface area contributed by atoms with Crippen LogP contribution in [0.1, 0.15) is 39.0 Å². The lowest BCUT2D eigenvalue weighted by Crippen LogP contribution is -1.99. The molecule has 0 heteroatoms. The van der Waals surface area contributed by atoms with Crippen LogP contribution in [0.25, 0.3) is 0 Å². The standard InChI is InChI=1S/C13H18/c1-11-7-9-13(10-8-11)12-5-3-2-4-6-12/h5,7,9-11H,2-4,6,8H2,1H3. The summed E-state index contributed by atoms with van der Waals surface area (Å²) >= 11 is 0. The molecular formula is C13H18. The number of hydrogen-bond donors (Lipinski definition) is 0. The zero-order chi connectivity index (χ0) is 9.10. The summed E-state index contributed by atoms with van der Waals surface area (Å²) in [6.07, 6.45) is 16.1. The Hall–Kier alpha value is -0.780. The molecule has 2 aliphatic rings. The topological polar surface area (TPSA) is 0 Å². The van der Waals surface area contributed by atoms with Gasteiger partial charge in [0.2, 0.25) is 0 Å². The molecule has 0 nitrogen and oxygen atoms in total. The Kier molecular flexibility index (Phi) is 2.68. The van der Waals surface area contributed by atoms with E-state index >= 15 is 0 Å². The summed E-state index contributed by atoms with van der Waals surface area (Å²) in [6.45, 7) is 2.28. The van der Waals surface area contributed by atoms with Gasteiger partial charge in [0.05, 0.1) is 0 Å². The van der Waals surface area contributed by atoms with Crippen molar-refractivity contribution in [2.45, 2.75) is 39.0 Å². The minimum Gasteiger partial charge on any atom is -0.0808 e. The van der Waals surface area contributed by atoms with E-state index in [0.29, 0.717) is 0 Å². The maximum absolute atomic E-state index is 2.43. The van der Waals surface area contributed by atoms with Crippen LogP contribution in [0.2, 0.25) is 0 Å². The van der Waals surface area contributed by atoms with Crippen LogP contribution >= 0.6 is 0 Å². The third-order valence-corrected chi connectivity index (χ3v) is 2.98.